The molecule has 2 aliphatic rings. The standard InChI is InChI=1S/C29H30ClFN8O/c30-21-2-1-3-22(31)20(21)15-25-35-23-9-4-17(14-24(23)36-25)27-26-28(32)33-16-34-29(26)39(37-27)19-7-5-18(6-8-19)38-10-12-40-13-11-38/h1-4,9,14,16,18-19H,5-8,10-13,15H2,(H,35,36)(H2,32,33,34). The van der Waals surface area contributed by atoms with Gasteiger partial charge in [0, 0.05) is 41.7 Å². The van der Waals surface area contributed by atoms with Crippen LogP contribution < -0.4 is 5.73 Å². The lowest BCUT2D eigenvalue weighted by Gasteiger charge is -2.38. The van der Waals surface area contributed by atoms with Gasteiger partial charge < -0.3 is 15.5 Å². The minimum absolute atomic E-state index is 0.246. The van der Waals surface area contributed by atoms with Gasteiger partial charge in [0.05, 0.1) is 35.7 Å². The van der Waals surface area contributed by atoms with Crippen LogP contribution in [0.4, 0.5) is 10.2 Å². The molecule has 11 heteroatoms. The smallest absolute Gasteiger partial charge is 0.164 e. The third-order valence-corrected chi connectivity index (χ3v) is 8.66. The number of imidazole rings is 1. The molecule has 0 spiro atoms. The third-order valence-electron chi connectivity index (χ3n) is 8.30. The average Bonchev–Trinajstić information content (AvgIpc) is 3.57. The topological polar surface area (TPSA) is 111 Å². The van der Waals surface area contributed by atoms with Crippen LogP contribution in [0.5, 0.6) is 0 Å². The van der Waals surface area contributed by atoms with Crippen molar-refractivity contribution in [1.29, 1.82) is 0 Å². The molecule has 40 heavy (non-hydrogen) atoms. The molecular weight excluding hydrogens is 531 g/mol. The highest BCUT2D eigenvalue weighted by Crippen LogP contribution is 2.37. The molecule has 0 amide bonds. The van der Waals surface area contributed by atoms with Crippen LogP contribution in [-0.2, 0) is 11.2 Å². The number of H-pyrrole nitrogens is 1. The molecular formula is C29H30ClFN8O. The number of nitrogens with two attached hydrogens (primary N) is 1. The predicted molar refractivity (Wildman–Crippen MR) is 153 cm³/mol. The largest absolute Gasteiger partial charge is 0.383 e. The second kappa shape index (κ2) is 10.4. The fourth-order valence-electron chi connectivity index (χ4n) is 6.22. The summed E-state index contributed by atoms with van der Waals surface area (Å²) in [5, 5.41) is 6.23. The predicted octanol–water partition coefficient (Wildman–Crippen LogP) is 5.15. The molecule has 1 saturated heterocycles. The van der Waals surface area contributed by atoms with Crippen molar-refractivity contribution in [3.8, 4) is 11.3 Å². The highest BCUT2D eigenvalue weighted by Gasteiger charge is 2.30. The van der Waals surface area contributed by atoms with Gasteiger partial charge in [-0.3, -0.25) is 4.90 Å². The summed E-state index contributed by atoms with van der Waals surface area (Å²) in [6.45, 7) is 3.67. The highest BCUT2D eigenvalue weighted by atomic mass is 35.5. The quantitative estimate of drug-likeness (QED) is 0.306. The lowest BCUT2D eigenvalue weighted by Crippen LogP contribution is -2.45. The summed E-state index contributed by atoms with van der Waals surface area (Å²) in [7, 11) is 0. The van der Waals surface area contributed by atoms with Crippen LogP contribution in [0.25, 0.3) is 33.3 Å². The summed E-state index contributed by atoms with van der Waals surface area (Å²) in [5.41, 5.74) is 10.8. The first-order valence-electron chi connectivity index (χ1n) is 13.8. The van der Waals surface area contributed by atoms with Crippen LogP contribution in [0, 0.1) is 5.82 Å². The lowest BCUT2D eigenvalue weighted by atomic mass is 9.90. The molecule has 2 fully saturated rings. The van der Waals surface area contributed by atoms with E-state index in [0.717, 1.165) is 85.3 Å². The molecule has 3 N–H and O–H groups in total. The fraction of sp³-hybridized carbons (Fsp3) is 0.379. The van der Waals surface area contributed by atoms with E-state index in [2.05, 4.69) is 29.5 Å². The number of aromatic amines is 1. The summed E-state index contributed by atoms with van der Waals surface area (Å²) >= 11 is 6.24. The summed E-state index contributed by atoms with van der Waals surface area (Å²) in [6, 6.07) is 11.5. The van der Waals surface area contributed by atoms with Crippen LogP contribution in [0.2, 0.25) is 5.02 Å². The Bertz CT molecular complexity index is 1670. The van der Waals surface area contributed by atoms with Crippen molar-refractivity contribution in [2.24, 2.45) is 0 Å². The van der Waals surface area contributed by atoms with Gasteiger partial charge in [-0.05, 0) is 49.9 Å². The number of morpholine rings is 1. The minimum Gasteiger partial charge on any atom is -0.383 e. The first-order chi connectivity index (χ1) is 19.5. The van der Waals surface area contributed by atoms with E-state index in [-0.39, 0.29) is 18.3 Å². The number of nitrogens with zero attached hydrogens (tertiary/aromatic N) is 6. The van der Waals surface area contributed by atoms with E-state index in [1.807, 2.05) is 18.2 Å². The van der Waals surface area contributed by atoms with Gasteiger partial charge in [-0.25, -0.2) is 24.0 Å². The van der Waals surface area contributed by atoms with Gasteiger partial charge in [-0.1, -0.05) is 23.7 Å². The van der Waals surface area contributed by atoms with Gasteiger partial charge in [0.1, 0.15) is 29.5 Å². The molecule has 1 aliphatic carbocycles. The maximum atomic E-state index is 14.4. The molecule has 0 bridgehead atoms. The highest BCUT2D eigenvalue weighted by molar-refractivity contribution is 6.31. The van der Waals surface area contributed by atoms with Crippen molar-refractivity contribution in [2.45, 2.75) is 44.2 Å². The molecule has 5 aromatic rings. The molecule has 1 aliphatic heterocycles. The number of ether oxygens (including phenoxy) is 1. The number of nitrogens with one attached hydrogen (secondary N) is 1. The van der Waals surface area contributed by atoms with E-state index < -0.39 is 0 Å². The number of halogens is 2. The molecule has 1 saturated carbocycles. The van der Waals surface area contributed by atoms with Crippen molar-refractivity contribution in [1.82, 2.24) is 34.6 Å². The summed E-state index contributed by atoms with van der Waals surface area (Å²) < 4.78 is 22.0. The Kier molecular flexibility index (Phi) is 6.61. The zero-order valence-electron chi connectivity index (χ0n) is 22.0. The first-order valence-corrected chi connectivity index (χ1v) is 14.2. The lowest BCUT2D eigenvalue weighted by molar-refractivity contribution is 0.00520. The monoisotopic (exact) mass is 560 g/mol. The van der Waals surface area contributed by atoms with Crippen molar-refractivity contribution >= 4 is 39.5 Å². The minimum atomic E-state index is -0.347. The zero-order valence-corrected chi connectivity index (χ0v) is 22.7. The molecule has 0 radical (unpaired) electrons. The maximum Gasteiger partial charge on any atom is 0.164 e. The van der Waals surface area contributed by atoms with E-state index in [0.29, 0.717) is 28.3 Å². The van der Waals surface area contributed by atoms with Crippen molar-refractivity contribution in [3.63, 3.8) is 0 Å². The molecule has 2 aromatic carbocycles. The number of benzene rings is 2. The average molecular weight is 561 g/mol. The molecule has 9 nitrogen and oxygen atoms in total. The molecule has 0 unspecified atom stereocenters. The summed E-state index contributed by atoms with van der Waals surface area (Å²) in [4.78, 5) is 19.5. The van der Waals surface area contributed by atoms with Gasteiger partial charge in [0.2, 0.25) is 0 Å². The van der Waals surface area contributed by atoms with Gasteiger partial charge in [-0.2, -0.15) is 5.10 Å². The van der Waals surface area contributed by atoms with E-state index >= 15 is 0 Å². The molecule has 206 valence electrons. The molecule has 4 heterocycles. The van der Waals surface area contributed by atoms with E-state index in [4.69, 9.17) is 27.2 Å². The van der Waals surface area contributed by atoms with Crippen LogP contribution in [0.1, 0.15) is 43.1 Å². The molecule has 0 atom stereocenters. The van der Waals surface area contributed by atoms with Gasteiger partial charge in [-0.15, -0.1) is 0 Å². The Morgan fingerprint density at radius 3 is 2.65 bits per heavy atom. The van der Waals surface area contributed by atoms with E-state index in [1.54, 1.807) is 12.1 Å². The fourth-order valence-corrected chi connectivity index (χ4v) is 6.45. The maximum absolute atomic E-state index is 14.4. The van der Waals surface area contributed by atoms with Crippen molar-refractivity contribution in [3.05, 3.63) is 65.0 Å². The third kappa shape index (κ3) is 4.59. The van der Waals surface area contributed by atoms with Gasteiger partial charge in [0.25, 0.3) is 0 Å². The Balaban J connectivity index is 1.20. The number of aromatic nitrogens is 6. The van der Waals surface area contributed by atoms with Gasteiger partial charge in [0.15, 0.2) is 5.65 Å². The number of anilines is 1. The Hall–Kier alpha value is -3.60. The van der Waals surface area contributed by atoms with Crippen LogP contribution in [0.15, 0.2) is 42.7 Å². The number of hydrogen-bond acceptors (Lipinski definition) is 7. The molecule has 7 rings (SSSR count). The van der Waals surface area contributed by atoms with Crippen LogP contribution in [-0.4, -0.2) is 67.0 Å². The Morgan fingerprint density at radius 2 is 1.85 bits per heavy atom. The van der Waals surface area contributed by atoms with Crippen molar-refractivity contribution in [2.75, 3.05) is 32.0 Å². The van der Waals surface area contributed by atoms with Gasteiger partial charge >= 0.3 is 0 Å². The summed E-state index contributed by atoms with van der Waals surface area (Å²) in [5.74, 6) is 0.697. The van der Waals surface area contributed by atoms with Crippen molar-refractivity contribution < 1.29 is 9.13 Å². The second-order valence-corrected chi connectivity index (χ2v) is 11.1. The second-order valence-electron chi connectivity index (χ2n) is 10.7. The Labute approximate surface area is 235 Å². The first kappa shape index (κ1) is 25.4. The van der Waals surface area contributed by atoms with E-state index in [1.165, 1.54) is 12.4 Å². The zero-order chi connectivity index (χ0) is 27.2. The summed E-state index contributed by atoms with van der Waals surface area (Å²) in [6.07, 6.45) is 6.08. The van der Waals surface area contributed by atoms with Crippen LogP contribution >= 0.6 is 11.6 Å². The SMILES string of the molecule is Nc1ncnc2c1c(-c1ccc3nc(Cc4c(F)cccc4Cl)[nH]c3c1)nn2C1CCC(N2CCOCC2)CC1. The van der Waals surface area contributed by atoms with E-state index in [9.17, 15) is 4.39 Å². The number of hydrogen-bond donors (Lipinski definition) is 2. The number of nitrogen functional groups attached to an aromatic ring is 1. The number of fused-ring (bicyclic) bond motifs is 2. The Morgan fingerprint density at radius 1 is 1.05 bits per heavy atom. The van der Waals surface area contributed by atoms with Crippen LogP contribution in [0.3, 0.4) is 0 Å². The number of rotatable bonds is 5. The normalized spacial score (nSPS) is 20.4. The molecule has 3 aromatic heterocycles.